The van der Waals surface area contributed by atoms with Gasteiger partial charge in [-0.15, -0.1) is 0 Å². The first-order valence-corrected chi connectivity index (χ1v) is 11.1. The summed E-state index contributed by atoms with van der Waals surface area (Å²) in [5.41, 5.74) is 5.18. The van der Waals surface area contributed by atoms with E-state index in [0.29, 0.717) is 22.2 Å². The van der Waals surface area contributed by atoms with Crippen molar-refractivity contribution in [2.75, 3.05) is 0 Å². The number of hydrogen-bond acceptors (Lipinski definition) is 4. The number of esters is 1. The number of aromatic nitrogens is 1. The lowest BCUT2D eigenvalue weighted by Gasteiger charge is -2.15. The molecule has 4 rings (SSSR count). The Morgan fingerprint density at radius 2 is 1.62 bits per heavy atom. The number of Topliss-reactive ketones (excluding diaryl/α,β-unsaturated/α-hetero) is 1. The third-order valence-corrected chi connectivity index (χ3v) is 5.81. The topological polar surface area (TPSA) is 56.3 Å². The fourth-order valence-corrected chi connectivity index (χ4v) is 4.18. The minimum absolute atomic E-state index is 0.239. The van der Waals surface area contributed by atoms with E-state index in [0.717, 1.165) is 26.7 Å². The first-order valence-electron chi connectivity index (χ1n) is 10.3. The van der Waals surface area contributed by atoms with E-state index in [1.807, 2.05) is 68.4 Å². The number of fused-ring (bicyclic) bond motifs is 1. The second kappa shape index (κ2) is 9.05. The molecular weight excluding hydrogens is 466 g/mol. The average molecular weight is 488 g/mol. The molecule has 4 aromatic rings. The number of nitrogens with zero attached hydrogens (tertiary/aromatic N) is 1. The molecule has 5 heteroatoms. The summed E-state index contributed by atoms with van der Waals surface area (Å²) in [4.78, 5) is 30.8. The van der Waals surface area contributed by atoms with Crippen molar-refractivity contribution in [1.82, 2.24) is 4.98 Å². The van der Waals surface area contributed by atoms with Crippen LogP contribution in [0.25, 0.3) is 22.2 Å². The van der Waals surface area contributed by atoms with Crippen molar-refractivity contribution in [1.29, 1.82) is 0 Å². The van der Waals surface area contributed by atoms with Gasteiger partial charge in [0, 0.05) is 21.0 Å². The number of ketones is 1. The maximum atomic E-state index is 13.2. The summed E-state index contributed by atoms with van der Waals surface area (Å²) >= 11 is 3.51. The zero-order valence-corrected chi connectivity index (χ0v) is 19.6. The van der Waals surface area contributed by atoms with Gasteiger partial charge in [-0.1, -0.05) is 76.1 Å². The highest BCUT2D eigenvalue weighted by Gasteiger charge is 2.23. The second-order valence-corrected chi connectivity index (χ2v) is 8.73. The van der Waals surface area contributed by atoms with Crippen molar-refractivity contribution in [3.63, 3.8) is 0 Å². The van der Waals surface area contributed by atoms with Gasteiger partial charge in [0.2, 0.25) is 5.78 Å². The number of ether oxygens (including phenoxy) is 1. The Balaban J connectivity index is 1.74. The van der Waals surface area contributed by atoms with Crippen LogP contribution in [-0.2, 0) is 4.74 Å². The highest BCUT2D eigenvalue weighted by molar-refractivity contribution is 9.10. The third kappa shape index (κ3) is 4.48. The minimum Gasteiger partial charge on any atom is -0.451 e. The SMILES string of the molecule is Cc1ccc(C(=O)C(C)OC(=O)c2cc(-c3ccccc3)nc3c(C)cc(Br)cc23)cc1. The number of rotatable bonds is 5. The number of aryl methyl sites for hydroxylation is 2. The predicted molar refractivity (Wildman–Crippen MR) is 130 cm³/mol. The molecule has 0 radical (unpaired) electrons. The van der Waals surface area contributed by atoms with Gasteiger partial charge in [-0.05, 0) is 44.5 Å². The molecule has 4 nitrogen and oxygen atoms in total. The zero-order chi connectivity index (χ0) is 22.8. The van der Waals surface area contributed by atoms with Gasteiger partial charge in [0.25, 0.3) is 0 Å². The van der Waals surface area contributed by atoms with Crippen molar-refractivity contribution in [2.24, 2.45) is 0 Å². The van der Waals surface area contributed by atoms with Crippen molar-refractivity contribution >= 4 is 38.6 Å². The summed E-state index contributed by atoms with van der Waals surface area (Å²) in [6.07, 6.45) is -0.915. The van der Waals surface area contributed by atoms with E-state index < -0.39 is 12.1 Å². The zero-order valence-electron chi connectivity index (χ0n) is 18.1. The highest BCUT2D eigenvalue weighted by atomic mass is 79.9. The van der Waals surface area contributed by atoms with E-state index in [2.05, 4.69) is 15.9 Å². The van der Waals surface area contributed by atoms with Gasteiger partial charge in [0.15, 0.2) is 6.10 Å². The molecule has 0 bridgehead atoms. The Morgan fingerprint density at radius 3 is 2.31 bits per heavy atom. The van der Waals surface area contributed by atoms with Crippen LogP contribution >= 0.6 is 15.9 Å². The number of carbonyl (C=O) groups excluding carboxylic acids is 2. The Morgan fingerprint density at radius 1 is 0.938 bits per heavy atom. The number of hydrogen-bond donors (Lipinski definition) is 0. The normalized spacial score (nSPS) is 11.9. The summed E-state index contributed by atoms with van der Waals surface area (Å²) in [6.45, 7) is 5.51. The van der Waals surface area contributed by atoms with Gasteiger partial charge < -0.3 is 4.74 Å². The van der Waals surface area contributed by atoms with Crippen LogP contribution < -0.4 is 0 Å². The molecule has 3 aromatic carbocycles. The van der Waals surface area contributed by atoms with Gasteiger partial charge in [0.05, 0.1) is 16.8 Å². The van der Waals surface area contributed by atoms with Gasteiger partial charge in [-0.3, -0.25) is 4.79 Å². The minimum atomic E-state index is -0.915. The van der Waals surface area contributed by atoms with Crippen LogP contribution in [0.4, 0.5) is 0 Å². The van der Waals surface area contributed by atoms with Crippen molar-refractivity contribution in [2.45, 2.75) is 26.9 Å². The summed E-state index contributed by atoms with van der Waals surface area (Å²) < 4.78 is 6.47. The first-order chi connectivity index (χ1) is 15.3. The smallest absolute Gasteiger partial charge is 0.339 e. The van der Waals surface area contributed by atoms with E-state index in [4.69, 9.17) is 9.72 Å². The van der Waals surface area contributed by atoms with Gasteiger partial charge in [-0.25, -0.2) is 9.78 Å². The van der Waals surface area contributed by atoms with Gasteiger partial charge >= 0.3 is 5.97 Å². The number of halogens is 1. The molecule has 0 aliphatic rings. The third-order valence-electron chi connectivity index (χ3n) is 5.35. The Hall–Kier alpha value is -3.31. The first kappa shape index (κ1) is 21.9. The largest absolute Gasteiger partial charge is 0.451 e. The predicted octanol–water partition coefficient (Wildman–Crippen LogP) is 6.71. The molecule has 0 aliphatic carbocycles. The molecule has 160 valence electrons. The monoisotopic (exact) mass is 487 g/mol. The Kier molecular flexibility index (Phi) is 6.19. The molecule has 0 saturated carbocycles. The number of benzene rings is 3. The Bertz CT molecular complexity index is 1310. The van der Waals surface area contributed by atoms with E-state index in [-0.39, 0.29) is 5.78 Å². The standard InChI is InChI=1S/C27H22BrNO3/c1-16-9-11-20(12-10-16)26(30)18(3)32-27(31)23-15-24(19-7-5-4-6-8-19)29-25-17(2)13-21(28)14-22(23)25/h4-15,18H,1-3H3. The maximum Gasteiger partial charge on any atom is 0.339 e. The lowest BCUT2D eigenvalue weighted by atomic mass is 10.0. The Labute approximate surface area is 195 Å². The van der Waals surface area contributed by atoms with Crippen LogP contribution in [0, 0.1) is 13.8 Å². The van der Waals surface area contributed by atoms with Crippen LogP contribution in [-0.4, -0.2) is 22.8 Å². The molecule has 0 aliphatic heterocycles. The van der Waals surface area contributed by atoms with Crippen molar-refractivity contribution in [3.05, 3.63) is 99.5 Å². The fourth-order valence-electron chi connectivity index (χ4n) is 3.61. The molecule has 1 aromatic heterocycles. The number of pyridine rings is 1. The van der Waals surface area contributed by atoms with Gasteiger partial charge in [-0.2, -0.15) is 0 Å². The molecule has 1 heterocycles. The molecule has 1 unspecified atom stereocenters. The van der Waals surface area contributed by atoms with E-state index in [1.165, 1.54) is 0 Å². The molecule has 0 N–H and O–H groups in total. The van der Waals surface area contributed by atoms with Crippen LogP contribution in [0.1, 0.15) is 38.8 Å². The number of carbonyl (C=O) groups is 2. The van der Waals surface area contributed by atoms with Crippen molar-refractivity contribution < 1.29 is 14.3 Å². The molecular formula is C27H22BrNO3. The van der Waals surface area contributed by atoms with Crippen molar-refractivity contribution in [3.8, 4) is 11.3 Å². The maximum absolute atomic E-state index is 13.2. The van der Waals surface area contributed by atoms with E-state index in [1.54, 1.807) is 25.1 Å². The van der Waals surface area contributed by atoms with Gasteiger partial charge in [0.1, 0.15) is 0 Å². The summed E-state index contributed by atoms with van der Waals surface area (Å²) in [7, 11) is 0. The average Bonchev–Trinajstić information content (AvgIpc) is 2.79. The molecule has 0 spiro atoms. The van der Waals surface area contributed by atoms with Crippen LogP contribution in [0.15, 0.2) is 77.3 Å². The summed E-state index contributed by atoms with van der Waals surface area (Å²) in [5, 5.41) is 0.677. The molecule has 0 amide bonds. The molecule has 0 saturated heterocycles. The van der Waals surface area contributed by atoms with Crippen LogP contribution in [0.3, 0.4) is 0 Å². The molecule has 1 atom stereocenters. The van der Waals surface area contributed by atoms with Crippen LogP contribution in [0.2, 0.25) is 0 Å². The molecule has 0 fully saturated rings. The van der Waals surface area contributed by atoms with E-state index >= 15 is 0 Å². The highest BCUT2D eigenvalue weighted by Crippen LogP contribution is 2.30. The second-order valence-electron chi connectivity index (χ2n) is 7.82. The van der Waals surface area contributed by atoms with E-state index in [9.17, 15) is 9.59 Å². The summed E-state index contributed by atoms with van der Waals surface area (Å²) in [6, 6.07) is 22.4. The fraction of sp³-hybridized carbons (Fsp3) is 0.148. The lowest BCUT2D eigenvalue weighted by Crippen LogP contribution is -2.24. The molecule has 32 heavy (non-hydrogen) atoms. The summed E-state index contributed by atoms with van der Waals surface area (Å²) in [5.74, 6) is -0.794. The lowest BCUT2D eigenvalue weighted by molar-refractivity contribution is 0.0320. The quantitative estimate of drug-likeness (QED) is 0.232. The van der Waals surface area contributed by atoms with Crippen LogP contribution in [0.5, 0.6) is 0 Å².